The molecule has 0 aromatic heterocycles. The second-order valence-corrected chi connectivity index (χ2v) is 2.70. The maximum atomic E-state index is 9.28. The SMILES string of the molecule is CC1=C(O)C(C)=C(O)CC1. The highest BCUT2D eigenvalue weighted by molar-refractivity contribution is 5.32. The molecule has 0 aromatic carbocycles. The Labute approximate surface area is 60.5 Å². The molecule has 0 saturated carbocycles. The van der Waals surface area contributed by atoms with Crippen LogP contribution < -0.4 is 0 Å². The molecular formula is C8H12O2. The van der Waals surface area contributed by atoms with Crippen LogP contribution in [-0.2, 0) is 0 Å². The van der Waals surface area contributed by atoms with Crippen molar-refractivity contribution in [1.82, 2.24) is 0 Å². The van der Waals surface area contributed by atoms with Crippen LogP contribution in [0.4, 0.5) is 0 Å². The fourth-order valence-corrected chi connectivity index (χ4v) is 1.07. The van der Waals surface area contributed by atoms with Crippen molar-refractivity contribution in [3.05, 3.63) is 22.7 Å². The quantitative estimate of drug-likeness (QED) is 0.542. The Balaban J connectivity index is 3.01. The van der Waals surface area contributed by atoms with Crippen molar-refractivity contribution >= 4 is 0 Å². The van der Waals surface area contributed by atoms with Gasteiger partial charge in [-0.1, -0.05) is 0 Å². The summed E-state index contributed by atoms with van der Waals surface area (Å²) in [5, 5.41) is 18.4. The summed E-state index contributed by atoms with van der Waals surface area (Å²) in [6.07, 6.45) is 1.44. The van der Waals surface area contributed by atoms with E-state index in [1.807, 2.05) is 6.92 Å². The lowest BCUT2D eigenvalue weighted by molar-refractivity contribution is 0.347. The molecule has 1 aliphatic rings. The summed E-state index contributed by atoms with van der Waals surface area (Å²) in [6, 6.07) is 0. The van der Waals surface area contributed by atoms with Gasteiger partial charge in [0.15, 0.2) is 0 Å². The second kappa shape index (κ2) is 2.37. The third-order valence-electron chi connectivity index (χ3n) is 1.93. The topological polar surface area (TPSA) is 40.5 Å². The van der Waals surface area contributed by atoms with Gasteiger partial charge in [-0.05, 0) is 25.8 Å². The van der Waals surface area contributed by atoms with Crippen LogP contribution in [0, 0.1) is 0 Å². The number of hydrogen-bond donors (Lipinski definition) is 2. The van der Waals surface area contributed by atoms with Crippen LogP contribution in [0.1, 0.15) is 26.7 Å². The first-order valence-corrected chi connectivity index (χ1v) is 3.40. The van der Waals surface area contributed by atoms with Crippen LogP contribution in [0.25, 0.3) is 0 Å². The third kappa shape index (κ3) is 1.01. The lowest BCUT2D eigenvalue weighted by Gasteiger charge is -2.14. The van der Waals surface area contributed by atoms with Crippen LogP contribution in [0.5, 0.6) is 0 Å². The predicted octanol–water partition coefficient (Wildman–Crippen LogP) is 2.44. The zero-order chi connectivity index (χ0) is 7.72. The predicted molar refractivity (Wildman–Crippen MR) is 39.9 cm³/mol. The van der Waals surface area contributed by atoms with Gasteiger partial charge in [0.25, 0.3) is 0 Å². The number of hydrogen-bond acceptors (Lipinski definition) is 2. The normalized spacial score (nSPS) is 20.2. The lowest BCUT2D eigenvalue weighted by atomic mass is 9.98. The largest absolute Gasteiger partial charge is 0.512 e. The monoisotopic (exact) mass is 140 g/mol. The lowest BCUT2D eigenvalue weighted by Crippen LogP contribution is -2.01. The van der Waals surface area contributed by atoms with Crippen molar-refractivity contribution in [2.75, 3.05) is 0 Å². The summed E-state index contributed by atoms with van der Waals surface area (Å²) >= 11 is 0. The molecule has 0 atom stereocenters. The Morgan fingerprint density at radius 3 is 2.20 bits per heavy atom. The van der Waals surface area contributed by atoms with E-state index in [1.165, 1.54) is 0 Å². The van der Waals surface area contributed by atoms with E-state index in [9.17, 15) is 5.11 Å². The number of allylic oxidation sites excluding steroid dienone is 3. The van der Waals surface area contributed by atoms with Crippen molar-refractivity contribution in [3.8, 4) is 0 Å². The van der Waals surface area contributed by atoms with Gasteiger partial charge >= 0.3 is 0 Å². The van der Waals surface area contributed by atoms with E-state index in [4.69, 9.17) is 5.11 Å². The molecule has 1 rings (SSSR count). The number of aliphatic hydroxyl groups is 2. The van der Waals surface area contributed by atoms with Gasteiger partial charge in [-0.25, -0.2) is 0 Å². The molecule has 0 bridgehead atoms. The highest BCUT2D eigenvalue weighted by Gasteiger charge is 2.13. The molecule has 10 heavy (non-hydrogen) atoms. The summed E-state index contributed by atoms with van der Waals surface area (Å²) in [6.45, 7) is 3.61. The van der Waals surface area contributed by atoms with Crippen LogP contribution in [0.3, 0.4) is 0 Å². The van der Waals surface area contributed by atoms with E-state index in [0.717, 1.165) is 12.0 Å². The molecule has 2 heteroatoms. The Hall–Kier alpha value is -0.920. The molecule has 2 N–H and O–H groups in total. The molecule has 0 saturated heterocycles. The molecule has 1 aliphatic carbocycles. The van der Waals surface area contributed by atoms with Crippen LogP contribution in [0.2, 0.25) is 0 Å². The minimum Gasteiger partial charge on any atom is -0.512 e. The molecule has 0 fully saturated rings. The maximum absolute atomic E-state index is 9.28. The van der Waals surface area contributed by atoms with Crippen LogP contribution in [-0.4, -0.2) is 10.2 Å². The molecule has 0 unspecified atom stereocenters. The molecule has 0 radical (unpaired) electrons. The molecule has 0 spiro atoms. The molecule has 0 heterocycles. The Morgan fingerprint density at radius 2 is 1.70 bits per heavy atom. The molecule has 0 aromatic rings. The first kappa shape index (κ1) is 7.19. The van der Waals surface area contributed by atoms with E-state index >= 15 is 0 Å². The van der Waals surface area contributed by atoms with E-state index < -0.39 is 0 Å². The van der Waals surface area contributed by atoms with Crippen LogP contribution >= 0.6 is 0 Å². The van der Waals surface area contributed by atoms with Gasteiger partial charge < -0.3 is 10.2 Å². The second-order valence-electron chi connectivity index (χ2n) is 2.70. The van der Waals surface area contributed by atoms with Gasteiger partial charge in [0.05, 0.1) is 5.76 Å². The molecule has 56 valence electrons. The fraction of sp³-hybridized carbons (Fsp3) is 0.500. The van der Waals surface area contributed by atoms with Gasteiger partial charge in [0, 0.05) is 12.0 Å². The number of rotatable bonds is 0. The maximum Gasteiger partial charge on any atom is 0.120 e. The van der Waals surface area contributed by atoms with Gasteiger partial charge in [-0.2, -0.15) is 0 Å². The number of aliphatic hydroxyl groups excluding tert-OH is 2. The first-order valence-electron chi connectivity index (χ1n) is 3.40. The van der Waals surface area contributed by atoms with E-state index in [2.05, 4.69) is 0 Å². The van der Waals surface area contributed by atoms with Gasteiger partial charge in [0.1, 0.15) is 5.76 Å². The van der Waals surface area contributed by atoms with Crippen molar-refractivity contribution in [2.45, 2.75) is 26.7 Å². The summed E-state index contributed by atoms with van der Waals surface area (Å²) < 4.78 is 0. The van der Waals surface area contributed by atoms with Crippen molar-refractivity contribution < 1.29 is 10.2 Å². The fourth-order valence-electron chi connectivity index (χ4n) is 1.07. The highest BCUT2D eigenvalue weighted by atomic mass is 16.3. The molecule has 0 amide bonds. The Morgan fingerprint density at radius 1 is 1.10 bits per heavy atom. The zero-order valence-electron chi connectivity index (χ0n) is 6.31. The molecule has 0 aliphatic heterocycles. The minimum atomic E-state index is 0.267. The van der Waals surface area contributed by atoms with Crippen LogP contribution in [0.15, 0.2) is 22.7 Å². The Kier molecular flexibility index (Phi) is 1.70. The zero-order valence-corrected chi connectivity index (χ0v) is 6.31. The van der Waals surface area contributed by atoms with E-state index in [-0.39, 0.29) is 5.76 Å². The Bertz CT molecular complexity index is 187. The van der Waals surface area contributed by atoms with Crippen molar-refractivity contribution in [2.24, 2.45) is 0 Å². The van der Waals surface area contributed by atoms with Gasteiger partial charge in [0.2, 0.25) is 0 Å². The van der Waals surface area contributed by atoms with Crippen molar-refractivity contribution in [1.29, 1.82) is 0 Å². The average Bonchev–Trinajstić information content (AvgIpc) is 1.93. The van der Waals surface area contributed by atoms with Gasteiger partial charge in [-0.15, -0.1) is 0 Å². The summed E-state index contributed by atoms with van der Waals surface area (Å²) in [5.74, 6) is 0.590. The average molecular weight is 140 g/mol. The highest BCUT2D eigenvalue weighted by Crippen LogP contribution is 2.26. The third-order valence-corrected chi connectivity index (χ3v) is 1.93. The van der Waals surface area contributed by atoms with Gasteiger partial charge in [-0.3, -0.25) is 0 Å². The smallest absolute Gasteiger partial charge is 0.120 e. The molecule has 2 nitrogen and oxygen atoms in total. The summed E-state index contributed by atoms with van der Waals surface area (Å²) in [7, 11) is 0. The molecular weight excluding hydrogens is 128 g/mol. The van der Waals surface area contributed by atoms with Crippen molar-refractivity contribution in [3.63, 3.8) is 0 Å². The van der Waals surface area contributed by atoms with E-state index in [1.54, 1.807) is 6.92 Å². The summed E-state index contributed by atoms with van der Waals surface area (Å²) in [4.78, 5) is 0. The first-order chi connectivity index (χ1) is 4.63. The minimum absolute atomic E-state index is 0.267. The summed E-state index contributed by atoms with van der Waals surface area (Å²) in [5.41, 5.74) is 1.60. The standard InChI is InChI=1S/C8H12O2/c1-5-3-4-7(9)6(2)8(5)10/h9-10H,3-4H2,1-2H3. The van der Waals surface area contributed by atoms with E-state index in [0.29, 0.717) is 17.8 Å².